The van der Waals surface area contributed by atoms with Crippen molar-refractivity contribution in [1.82, 2.24) is 0 Å². The summed E-state index contributed by atoms with van der Waals surface area (Å²) in [6.07, 6.45) is -0.272. The summed E-state index contributed by atoms with van der Waals surface area (Å²) < 4.78 is 0. The molecule has 5 nitrogen and oxygen atoms in total. The van der Waals surface area contributed by atoms with Gasteiger partial charge in [0.2, 0.25) is 11.8 Å². The number of benzene rings is 2. The molecule has 2 rings (SSSR count). The van der Waals surface area contributed by atoms with Crippen molar-refractivity contribution in [1.29, 1.82) is 5.26 Å². The van der Waals surface area contributed by atoms with E-state index in [9.17, 15) is 9.59 Å². The summed E-state index contributed by atoms with van der Waals surface area (Å²) in [5, 5.41) is 14.3. The lowest BCUT2D eigenvalue weighted by molar-refractivity contribution is -0.123. The van der Waals surface area contributed by atoms with Crippen LogP contribution in [-0.4, -0.2) is 11.8 Å². The van der Waals surface area contributed by atoms with Gasteiger partial charge >= 0.3 is 0 Å². The summed E-state index contributed by atoms with van der Waals surface area (Å²) in [5.41, 5.74) is 3.84. The lowest BCUT2D eigenvalue weighted by Crippen LogP contribution is -2.22. The Kier molecular flexibility index (Phi) is 5.91. The number of para-hydroxylation sites is 1. The summed E-state index contributed by atoms with van der Waals surface area (Å²) >= 11 is 0. The number of carbonyl (C=O) groups is 2. The van der Waals surface area contributed by atoms with Crippen LogP contribution in [-0.2, 0) is 9.59 Å². The second kappa shape index (κ2) is 8.11. The van der Waals surface area contributed by atoms with E-state index in [1.807, 2.05) is 31.2 Å². The molecule has 0 saturated heterocycles. The third-order valence-corrected chi connectivity index (χ3v) is 3.81. The normalized spacial score (nSPS) is 10.2. The highest BCUT2D eigenvalue weighted by molar-refractivity contribution is 6.08. The molecule has 0 aliphatic rings. The molecule has 2 amide bonds. The molecule has 0 unspecified atom stereocenters. The quantitative estimate of drug-likeness (QED) is 0.812. The van der Waals surface area contributed by atoms with Crippen LogP contribution in [0, 0.1) is 18.3 Å². The minimum Gasteiger partial charge on any atom is -0.326 e. The Morgan fingerprint density at radius 3 is 2.28 bits per heavy atom. The first kappa shape index (κ1) is 18.2. The average Bonchev–Trinajstić information content (AvgIpc) is 2.57. The summed E-state index contributed by atoms with van der Waals surface area (Å²) in [4.78, 5) is 24.3. The van der Waals surface area contributed by atoms with E-state index in [0.29, 0.717) is 11.3 Å². The van der Waals surface area contributed by atoms with Crippen LogP contribution in [0.2, 0.25) is 0 Å². The van der Waals surface area contributed by atoms with E-state index in [1.54, 1.807) is 24.3 Å². The molecule has 2 N–H and O–H groups in total. The number of hydrogen-bond acceptors (Lipinski definition) is 3. The first-order chi connectivity index (χ1) is 11.9. The average molecular weight is 335 g/mol. The fourth-order valence-electron chi connectivity index (χ4n) is 2.51. The van der Waals surface area contributed by atoms with Gasteiger partial charge in [-0.1, -0.05) is 32.0 Å². The van der Waals surface area contributed by atoms with Gasteiger partial charge in [0, 0.05) is 11.4 Å². The molecule has 0 atom stereocenters. The van der Waals surface area contributed by atoms with Crippen molar-refractivity contribution in [3.8, 4) is 6.07 Å². The highest BCUT2D eigenvalue weighted by atomic mass is 16.2. The molecule has 0 fully saturated rings. The fourth-order valence-corrected chi connectivity index (χ4v) is 2.51. The Bertz CT molecular complexity index is 818. The van der Waals surface area contributed by atoms with Crippen molar-refractivity contribution in [3.05, 3.63) is 59.2 Å². The zero-order valence-corrected chi connectivity index (χ0v) is 14.6. The summed E-state index contributed by atoms with van der Waals surface area (Å²) in [5.74, 6) is -0.494. The van der Waals surface area contributed by atoms with Crippen LogP contribution in [0.4, 0.5) is 11.4 Å². The molecule has 0 aromatic heterocycles. The van der Waals surface area contributed by atoms with Crippen molar-refractivity contribution < 1.29 is 9.59 Å². The maximum absolute atomic E-state index is 12.2. The maximum Gasteiger partial charge on any atom is 0.233 e. The molecule has 2 aromatic carbocycles. The molecule has 5 heteroatoms. The zero-order valence-electron chi connectivity index (χ0n) is 14.6. The molecule has 0 heterocycles. The Morgan fingerprint density at radius 2 is 1.68 bits per heavy atom. The molecule has 0 radical (unpaired) electrons. The molecular formula is C20H21N3O2. The highest BCUT2D eigenvalue weighted by Crippen LogP contribution is 2.27. The molecule has 2 aromatic rings. The van der Waals surface area contributed by atoms with E-state index in [1.165, 1.54) is 0 Å². The monoisotopic (exact) mass is 335 g/mol. The van der Waals surface area contributed by atoms with Gasteiger partial charge in [-0.15, -0.1) is 0 Å². The minimum absolute atomic E-state index is 0.266. The van der Waals surface area contributed by atoms with E-state index >= 15 is 0 Å². The molecule has 0 bridgehead atoms. The molecule has 0 aliphatic heterocycles. The largest absolute Gasteiger partial charge is 0.326 e. The summed E-state index contributed by atoms with van der Waals surface area (Å²) in [6, 6.07) is 14.4. The number of aryl methyl sites for hydroxylation is 1. The van der Waals surface area contributed by atoms with Crippen LogP contribution in [0.3, 0.4) is 0 Å². The van der Waals surface area contributed by atoms with Crippen molar-refractivity contribution in [3.63, 3.8) is 0 Å². The number of anilines is 2. The number of nitrogens with zero attached hydrogens (tertiary/aromatic N) is 1. The van der Waals surface area contributed by atoms with Crippen molar-refractivity contribution in [2.24, 2.45) is 0 Å². The zero-order chi connectivity index (χ0) is 18.4. The van der Waals surface area contributed by atoms with Gasteiger partial charge in [0.1, 0.15) is 6.42 Å². The van der Waals surface area contributed by atoms with Crippen molar-refractivity contribution in [2.45, 2.75) is 33.1 Å². The standard InChI is InChI=1S/C20H21N3O2/c1-13(2)17-6-4-5-14(3)20(17)23-19(25)11-18(24)22-16-9-7-15(12-21)8-10-16/h4-10,13H,11H2,1-3H3,(H,22,24)(H,23,25). The summed E-state index contributed by atoms with van der Waals surface area (Å²) in [7, 11) is 0. The second-order valence-electron chi connectivity index (χ2n) is 6.16. The Morgan fingerprint density at radius 1 is 1.04 bits per heavy atom. The third kappa shape index (κ3) is 4.92. The summed E-state index contributed by atoms with van der Waals surface area (Å²) in [6.45, 7) is 6.04. The van der Waals surface area contributed by atoms with E-state index < -0.39 is 5.91 Å². The highest BCUT2D eigenvalue weighted by Gasteiger charge is 2.14. The van der Waals surface area contributed by atoms with Gasteiger partial charge in [-0.3, -0.25) is 9.59 Å². The number of nitrogens with one attached hydrogen (secondary N) is 2. The van der Waals surface area contributed by atoms with Crippen LogP contribution in [0.1, 0.15) is 42.9 Å². The molecule has 25 heavy (non-hydrogen) atoms. The predicted octanol–water partition coefficient (Wildman–Crippen LogP) is 3.96. The van der Waals surface area contributed by atoms with Gasteiger partial charge in [-0.05, 0) is 48.2 Å². The molecule has 0 aliphatic carbocycles. The Balaban J connectivity index is 2.00. The number of hydrogen-bond donors (Lipinski definition) is 2. The second-order valence-corrected chi connectivity index (χ2v) is 6.16. The van der Waals surface area contributed by atoms with Crippen LogP contribution in [0.5, 0.6) is 0 Å². The molecule has 128 valence electrons. The van der Waals surface area contributed by atoms with Crippen LogP contribution < -0.4 is 10.6 Å². The van der Waals surface area contributed by atoms with Gasteiger partial charge in [-0.2, -0.15) is 5.26 Å². The Labute approximate surface area is 147 Å². The molecule has 0 spiro atoms. The Hall–Kier alpha value is -3.13. The van der Waals surface area contributed by atoms with Gasteiger partial charge in [0.25, 0.3) is 0 Å². The van der Waals surface area contributed by atoms with Crippen molar-refractivity contribution >= 4 is 23.2 Å². The van der Waals surface area contributed by atoms with Crippen molar-refractivity contribution in [2.75, 3.05) is 10.6 Å². The lowest BCUT2D eigenvalue weighted by atomic mass is 9.98. The van der Waals surface area contributed by atoms with Gasteiger partial charge in [0.05, 0.1) is 11.6 Å². The van der Waals surface area contributed by atoms with Crippen LogP contribution in [0.15, 0.2) is 42.5 Å². The number of amides is 2. The number of carbonyl (C=O) groups excluding carboxylic acids is 2. The fraction of sp³-hybridized carbons (Fsp3) is 0.250. The van der Waals surface area contributed by atoms with E-state index in [4.69, 9.17) is 5.26 Å². The molecule has 0 saturated carbocycles. The van der Waals surface area contributed by atoms with Gasteiger partial charge in [0.15, 0.2) is 0 Å². The maximum atomic E-state index is 12.2. The number of rotatable bonds is 5. The van der Waals surface area contributed by atoms with Crippen LogP contribution in [0.25, 0.3) is 0 Å². The minimum atomic E-state index is -0.401. The first-order valence-corrected chi connectivity index (χ1v) is 8.10. The van der Waals surface area contributed by atoms with E-state index in [2.05, 4.69) is 24.5 Å². The smallest absolute Gasteiger partial charge is 0.233 e. The topological polar surface area (TPSA) is 82.0 Å². The lowest BCUT2D eigenvalue weighted by Gasteiger charge is -2.16. The van der Waals surface area contributed by atoms with E-state index in [0.717, 1.165) is 16.8 Å². The van der Waals surface area contributed by atoms with Crippen LogP contribution >= 0.6 is 0 Å². The van der Waals surface area contributed by atoms with Gasteiger partial charge < -0.3 is 10.6 Å². The van der Waals surface area contributed by atoms with Gasteiger partial charge in [-0.25, -0.2) is 0 Å². The third-order valence-electron chi connectivity index (χ3n) is 3.81. The first-order valence-electron chi connectivity index (χ1n) is 8.10. The van der Waals surface area contributed by atoms with E-state index in [-0.39, 0.29) is 18.2 Å². The SMILES string of the molecule is Cc1cccc(C(C)C)c1NC(=O)CC(=O)Nc1ccc(C#N)cc1. The number of nitriles is 1. The predicted molar refractivity (Wildman–Crippen MR) is 98.3 cm³/mol. The molecular weight excluding hydrogens is 314 g/mol.